The summed E-state index contributed by atoms with van der Waals surface area (Å²) in [7, 11) is 0. The van der Waals surface area contributed by atoms with Crippen LogP contribution in [0.2, 0.25) is 0 Å². The fraction of sp³-hybridized carbons (Fsp3) is 0.647. The molecule has 3 saturated carbocycles. The van der Waals surface area contributed by atoms with Crippen LogP contribution < -0.4 is 5.73 Å². The number of hydrogen-bond donors (Lipinski definition) is 1. The van der Waals surface area contributed by atoms with E-state index in [1.54, 1.807) is 0 Å². The molecule has 3 aliphatic carbocycles. The molecule has 3 fully saturated rings. The highest BCUT2D eigenvalue weighted by Crippen LogP contribution is 2.71. The highest BCUT2D eigenvalue weighted by molar-refractivity contribution is 5.33. The molecule has 1 nitrogen and oxygen atoms in total. The van der Waals surface area contributed by atoms with Crippen molar-refractivity contribution >= 4 is 0 Å². The first kappa shape index (κ1) is 11.0. The van der Waals surface area contributed by atoms with E-state index in [-0.39, 0.29) is 0 Å². The van der Waals surface area contributed by atoms with Crippen LogP contribution in [0.25, 0.3) is 0 Å². The highest BCUT2D eigenvalue weighted by atomic mass is 14.8. The summed E-state index contributed by atoms with van der Waals surface area (Å²) in [4.78, 5) is 0. The monoisotopic (exact) mass is 241 g/mol. The zero-order valence-corrected chi connectivity index (χ0v) is 11.4. The maximum atomic E-state index is 6.56. The van der Waals surface area contributed by atoms with Crippen molar-refractivity contribution in [2.45, 2.75) is 39.2 Å². The SMILES string of the molecule is Cc1ccc(C(N)C2C3C4CCC(C4)C32)cc1C. The zero-order valence-electron chi connectivity index (χ0n) is 11.4. The van der Waals surface area contributed by atoms with Crippen LogP contribution in [-0.2, 0) is 0 Å². The third kappa shape index (κ3) is 1.37. The fourth-order valence-corrected chi connectivity index (χ4v) is 5.07. The van der Waals surface area contributed by atoms with Gasteiger partial charge in [-0.1, -0.05) is 18.2 Å². The molecule has 3 aliphatic rings. The topological polar surface area (TPSA) is 26.0 Å². The van der Waals surface area contributed by atoms with E-state index in [0.717, 1.165) is 29.6 Å². The minimum absolute atomic E-state index is 0.294. The normalized spacial score (nSPS) is 41.8. The lowest BCUT2D eigenvalue weighted by atomic mass is 9.92. The van der Waals surface area contributed by atoms with E-state index >= 15 is 0 Å². The standard InChI is InChI=1S/C17H23N/c1-9-3-4-13(7-10(9)2)17(18)16-14-11-5-6-12(8-11)15(14)16/h3-4,7,11-12,14-17H,5-6,8,18H2,1-2H3. The molecular weight excluding hydrogens is 218 g/mol. The van der Waals surface area contributed by atoms with Crippen LogP contribution in [0.5, 0.6) is 0 Å². The molecular formula is C17H23N. The molecule has 5 atom stereocenters. The Labute approximate surface area is 110 Å². The quantitative estimate of drug-likeness (QED) is 0.841. The van der Waals surface area contributed by atoms with E-state index in [0.29, 0.717) is 6.04 Å². The minimum atomic E-state index is 0.294. The molecule has 1 aromatic rings. The van der Waals surface area contributed by atoms with Gasteiger partial charge < -0.3 is 5.73 Å². The van der Waals surface area contributed by atoms with Gasteiger partial charge in [-0.15, -0.1) is 0 Å². The van der Waals surface area contributed by atoms with Crippen molar-refractivity contribution in [1.82, 2.24) is 0 Å². The smallest absolute Gasteiger partial charge is 0.0329 e. The summed E-state index contributed by atoms with van der Waals surface area (Å²) in [6.45, 7) is 4.37. The van der Waals surface area contributed by atoms with Crippen molar-refractivity contribution in [3.05, 3.63) is 34.9 Å². The van der Waals surface area contributed by atoms with E-state index in [9.17, 15) is 0 Å². The molecule has 0 spiro atoms. The van der Waals surface area contributed by atoms with E-state index < -0.39 is 0 Å². The van der Waals surface area contributed by atoms with Crippen LogP contribution in [0.3, 0.4) is 0 Å². The largest absolute Gasteiger partial charge is 0.324 e. The van der Waals surface area contributed by atoms with Gasteiger partial charge in [0.05, 0.1) is 0 Å². The molecule has 2 bridgehead atoms. The molecule has 4 rings (SSSR count). The second kappa shape index (κ2) is 3.60. The Kier molecular flexibility index (Phi) is 2.21. The van der Waals surface area contributed by atoms with Crippen molar-refractivity contribution in [2.24, 2.45) is 35.3 Å². The lowest BCUT2D eigenvalue weighted by Gasteiger charge is -2.17. The van der Waals surface area contributed by atoms with E-state index in [1.807, 2.05) is 0 Å². The molecule has 0 heterocycles. The van der Waals surface area contributed by atoms with Crippen molar-refractivity contribution in [2.75, 3.05) is 0 Å². The molecule has 1 heteroatoms. The summed E-state index contributed by atoms with van der Waals surface area (Å²) in [5, 5.41) is 0. The average molecular weight is 241 g/mol. The summed E-state index contributed by atoms with van der Waals surface area (Å²) in [5.41, 5.74) is 10.7. The van der Waals surface area contributed by atoms with Gasteiger partial charge in [0, 0.05) is 6.04 Å². The van der Waals surface area contributed by atoms with Crippen LogP contribution in [0.15, 0.2) is 18.2 Å². The summed E-state index contributed by atoms with van der Waals surface area (Å²) in [5.74, 6) is 4.84. The molecule has 2 N–H and O–H groups in total. The van der Waals surface area contributed by atoms with E-state index in [4.69, 9.17) is 5.73 Å². The number of aryl methyl sites for hydroxylation is 2. The van der Waals surface area contributed by atoms with Crippen molar-refractivity contribution < 1.29 is 0 Å². The summed E-state index contributed by atoms with van der Waals surface area (Å²) in [6, 6.07) is 7.10. The summed E-state index contributed by atoms with van der Waals surface area (Å²) in [6.07, 6.45) is 4.50. The van der Waals surface area contributed by atoms with Gasteiger partial charge in [0.15, 0.2) is 0 Å². The second-order valence-corrected chi connectivity index (χ2v) is 6.93. The molecule has 96 valence electrons. The number of benzene rings is 1. The maximum Gasteiger partial charge on any atom is 0.0329 e. The lowest BCUT2D eigenvalue weighted by Crippen LogP contribution is -2.17. The Balaban J connectivity index is 1.58. The zero-order chi connectivity index (χ0) is 12.4. The number of fused-ring (bicyclic) bond motifs is 5. The third-order valence-electron chi connectivity index (χ3n) is 6.13. The van der Waals surface area contributed by atoms with Crippen LogP contribution in [0.1, 0.15) is 42.0 Å². The van der Waals surface area contributed by atoms with Crippen molar-refractivity contribution in [1.29, 1.82) is 0 Å². The Bertz CT molecular complexity index is 476. The predicted octanol–water partition coefficient (Wildman–Crippen LogP) is 3.60. The molecule has 18 heavy (non-hydrogen) atoms. The van der Waals surface area contributed by atoms with Crippen molar-refractivity contribution in [3.8, 4) is 0 Å². The molecule has 0 aliphatic heterocycles. The van der Waals surface area contributed by atoms with Crippen LogP contribution in [0, 0.1) is 43.4 Å². The van der Waals surface area contributed by atoms with Crippen LogP contribution in [-0.4, -0.2) is 0 Å². The molecule has 1 aromatic carbocycles. The minimum Gasteiger partial charge on any atom is -0.324 e. The molecule has 0 radical (unpaired) electrons. The highest BCUT2D eigenvalue weighted by Gasteiger charge is 2.66. The number of nitrogens with two attached hydrogens (primary N) is 1. The number of rotatable bonds is 2. The number of hydrogen-bond acceptors (Lipinski definition) is 1. The maximum absolute atomic E-state index is 6.56. The Hall–Kier alpha value is -0.820. The first-order valence-corrected chi connectivity index (χ1v) is 7.49. The second-order valence-electron chi connectivity index (χ2n) is 6.93. The summed E-state index contributed by atoms with van der Waals surface area (Å²) >= 11 is 0. The average Bonchev–Trinajstić information content (AvgIpc) is 2.80. The van der Waals surface area contributed by atoms with Gasteiger partial charge in [0.2, 0.25) is 0 Å². The van der Waals surface area contributed by atoms with Gasteiger partial charge in [-0.3, -0.25) is 0 Å². The first-order valence-electron chi connectivity index (χ1n) is 7.49. The van der Waals surface area contributed by atoms with Crippen LogP contribution in [0.4, 0.5) is 0 Å². The van der Waals surface area contributed by atoms with E-state index in [1.165, 1.54) is 36.0 Å². The first-order chi connectivity index (χ1) is 8.66. The molecule has 0 aromatic heterocycles. The Morgan fingerprint density at radius 3 is 2.33 bits per heavy atom. The van der Waals surface area contributed by atoms with Crippen LogP contribution >= 0.6 is 0 Å². The van der Waals surface area contributed by atoms with Gasteiger partial charge in [-0.25, -0.2) is 0 Å². The fourth-order valence-electron chi connectivity index (χ4n) is 5.07. The molecule has 0 saturated heterocycles. The van der Waals surface area contributed by atoms with Gasteiger partial charge in [-0.05, 0) is 79.4 Å². The van der Waals surface area contributed by atoms with Crippen molar-refractivity contribution in [3.63, 3.8) is 0 Å². The molecule has 5 unspecified atom stereocenters. The third-order valence-corrected chi connectivity index (χ3v) is 6.13. The van der Waals surface area contributed by atoms with Gasteiger partial charge in [0.1, 0.15) is 0 Å². The molecule has 0 amide bonds. The Morgan fingerprint density at radius 2 is 1.72 bits per heavy atom. The van der Waals surface area contributed by atoms with Gasteiger partial charge in [-0.2, -0.15) is 0 Å². The summed E-state index contributed by atoms with van der Waals surface area (Å²) < 4.78 is 0. The Morgan fingerprint density at radius 1 is 1.06 bits per heavy atom. The lowest BCUT2D eigenvalue weighted by molar-refractivity contribution is 0.417. The van der Waals surface area contributed by atoms with Gasteiger partial charge >= 0.3 is 0 Å². The van der Waals surface area contributed by atoms with E-state index in [2.05, 4.69) is 32.0 Å². The van der Waals surface area contributed by atoms with Gasteiger partial charge in [0.25, 0.3) is 0 Å². The predicted molar refractivity (Wildman–Crippen MR) is 74.1 cm³/mol.